The van der Waals surface area contributed by atoms with Crippen molar-refractivity contribution in [1.82, 2.24) is 14.7 Å². The molecule has 4 heteroatoms. The van der Waals surface area contributed by atoms with E-state index in [0.29, 0.717) is 4.75 Å². The van der Waals surface area contributed by atoms with E-state index in [1.807, 2.05) is 0 Å². The van der Waals surface area contributed by atoms with Gasteiger partial charge in [0.15, 0.2) is 0 Å². The maximum atomic E-state index is 2.78. The summed E-state index contributed by atoms with van der Waals surface area (Å²) in [5, 5.41) is 0. The first kappa shape index (κ1) is 18.0. The lowest BCUT2D eigenvalue weighted by Crippen LogP contribution is -2.50. The quantitative estimate of drug-likeness (QED) is 0.761. The van der Waals surface area contributed by atoms with Gasteiger partial charge in [0, 0.05) is 55.8 Å². The average molecular weight is 340 g/mol. The predicted octanol–water partition coefficient (Wildman–Crippen LogP) is 3.15. The number of rotatable bonds is 5. The summed E-state index contributed by atoms with van der Waals surface area (Å²) >= 11 is 2.30. The molecule has 0 aromatic rings. The van der Waals surface area contributed by atoms with Gasteiger partial charge in [-0.1, -0.05) is 19.3 Å². The summed E-state index contributed by atoms with van der Waals surface area (Å²) in [6, 6.07) is 0.717. The number of piperazine rings is 1. The Morgan fingerprint density at radius 2 is 1.57 bits per heavy atom. The first-order valence-electron chi connectivity index (χ1n) is 10.00. The summed E-state index contributed by atoms with van der Waals surface area (Å²) in [7, 11) is 0. The third-order valence-electron chi connectivity index (χ3n) is 6.18. The van der Waals surface area contributed by atoms with E-state index in [2.05, 4.69) is 40.3 Å². The zero-order valence-electron chi connectivity index (χ0n) is 15.4. The van der Waals surface area contributed by atoms with Crippen LogP contribution in [0.25, 0.3) is 0 Å². The molecule has 23 heavy (non-hydrogen) atoms. The molecule has 2 aliphatic heterocycles. The molecule has 1 aliphatic carbocycles. The van der Waals surface area contributed by atoms with Crippen LogP contribution in [0.15, 0.2) is 0 Å². The zero-order valence-corrected chi connectivity index (χ0v) is 16.3. The van der Waals surface area contributed by atoms with E-state index in [0.717, 1.165) is 6.04 Å². The third kappa shape index (κ3) is 5.10. The van der Waals surface area contributed by atoms with Crippen LogP contribution in [-0.4, -0.2) is 83.6 Å². The summed E-state index contributed by atoms with van der Waals surface area (Å²) in [5.74, 6) is 1.37. The van der Waals surface area contributed by atoms with E-state index < -0.39 is 0 Å². The SMILES string of the molecule is CC(C)N1CCN(CCCN2CCSC3(CCCCC3)C2)CC1. The zero-order chi connectivity index (χ0) is 16.1. The molecule has 0 amide bonds. The second-order valence-electron chi connectivity index (χ2n) is 8.19. The molecular weight excluding hydrogens is 302 g/mol. The van der Waals surface area contributed by atoms with Crippen molar-refractivity contribution in [3.63, 3.8) is 0 Å². The van der Waals surface area contributed by atoms with Crippen molar-refractivity contribution in [1.29, 1.82) is 0 Å². The van der Waals surface area contributed by atoms with E-state index in [4.69, 9.17) is 0 Å². The summed E-state index contributed by atoms with van der Waals surface area (Å²) in [6.45, 7) is 15.1. The van der Waals surface area contributed by atoms with Crippen LogP contribution in [0.1, 0.15) is 52.4 Å². The molecule has 0 N–H and O–H groups in total. The molecule has 0 aromatic heterocycles. The van der Waals surface area contributed by atoms with Crippen LogP contribution >= 0.6 is 11.8 Å². The van der Waals surface area contributed by atoms with Crippen molar-refractivity contribution in [2.24, 2.45) is 0 Å². The Labute approximate surface area is 148 Å². The van der Waals surface area contributed by atoms with Crippen molar-refractivity contribution in [2.75, 3.05) is 58.1 Å². The smallest absolute Gasteiger partial charge is 0.0287 e. The van der Waals surface area contributed by atoms with Crippen molar-refractivity contribution in [3.8, 4) is 0 Å². The maximum absolute atomic E-state index is 2.78. The normalized spacial score (nSPS) is 27.8. The minimum atomic E-state index is 0.638. The van der Waals surface area contributed by atoms with Crippen LogP contribution < -0.4 is 0 Å². The van der Waals surface area contributed by atoms with Gasteiger partial charge in [0.25, 0.3) is 0 Å². The molecule has 3 nitrogen and oxygen atoms in total. The average Bonchev–Trinajstić information content (AvgIpc) is 2.56. The fraction of sp³-hybridized carbons (Fsp3) is 1.00. The van der Waals surface area contributed by atoms with E-state index >= 15 is 0 Å². The Morgan fingerprint density at radius 3 is 2.26 bits per heavy atom. The molecule has 3 fully saturated rings. The van der Waals surface area contributed by atoms with Gasteiger partial charge in [-0.25, -0.2) is 0 Å². The van der Waals surface area contributed by atoms with E-state index in [1.54, 1.807) is 0 Å². The van der Waals surface area contributed by atoms with E-state index in [-0.39, 0.29) is 0 Å². The second kappa shape index (κ2) is 8.55. The molecule has 0 unspecified atom stereocenters. The van der Waals surface area contributed by atoms with Crippen molar-refractivity contribution in [3.05, 3.63) is 0 Å². The molecule has 134 valence electrons. The molecule has 2 saturated heterocycles. The highest BCUT2D eigenvalue weighted by Gasteiger charge is 2.36. The van der Waals surface area contributed by atoms with Gasteiger partial charge in [-0.3, -0.25) is 4.90 Å². The van der Waals surface area contributed by atoms with Crippen LogP contribution in [0, 0.1) is 0 Å². The molecule has 0 atom stereocenters. The maximum Gasteiger partial charge on any atom is 0.0287 e. The molecule has 1 spiro atoms. The van der Waals surface area contributed by atoms with E-state index in [1.165, 1.54) is 96.6 Å². The third-order valence-corrected chi connectivity index (χ3v) is 7.71. The van der Waals surface area contributed by atoms with Crippen LogP contribution in [-0.2, 0) is 0 Å². The topological polar surface area (TPSA) is 9.72 Å². The summed E-state index contributed by atoms with van der Waals surface area (Å²) in [4.78, 5) is 8.09. The predicted molar refractivity (Wildman–Crippen MR) is 102 cm³/mol. The van der Waals surface area contributed by atoms with Gasteiger partial charge in [0.05, 0.1) is 0 Å². The Balaban J connectivity index is 1.34. The van der Waals surface area contributed by atoms with Gasteiger partial charge in [-0.15, -0.1) is 0 Å². The van der Waals surface area contributed by atoms with Crippen molar-refractivity contribution < 1.29 is 0 Å². The van der Waals surface area contributed by atoms with E-state index in [9.17, 15) is 0 Å². The number of thioether (sulfide) groups is 1. The molecule has 0 bridgehead atoms. The highest BCUT2D eigenvalue weighted by molar-refractivity contribution is 8.00. The van der Waals surface area contributed by atoms with Gasteiger partial charge >= 0.3 is 0 Å². The lowest BCUT2D eigenvalue weighted by atomic mass is 9.87. The van der Waals surface area contributed by atoms with Gasteiger partial charge in [0.2, 0.25) is 0 Å². The largest absolute Gasteiger partial charge is 0.301 e. The molecule has 3 aliphatic rings. The van der Waals surface area contributed by atoms with Gasteiger partial charge in [-0.05, 0) is 46.2 Å². The van der Waals surface area contributed by atoms with Crippen molar-refractivity contribution >= 4 is 11.8 Å². The highest BCUT2D eigenvalue weighted by Crippen LogP contribution is 2.42. The molecule has 3 rings (SSSR count). The van der Waals surface area contributed by atoms with Gasteiger partial charge in [0.1, 0.15) is 0 Å². The van der Waals surface area contributed by atoms with Crippen LogP contribution in [0.2, 0.25) is 0 Å². The molecule has 2 heterocycles. The van der Waals surface area contributed by atoms with Crippen LogP contribution in [0.4, 0.5) is 0 Å². The second-order valence-corrected chi connectivity index (χ2v) is 9.76. The summed E-state index contributed by atoms with van der Waals surface area (Å²) < 4.78 is 0.638. The Hall–Kier alpha value is 0.230. The number of hydrogen-bond acceptors (Lipinski definition) is 4. The monoisotopic (exact) mass is 339 g/mol. The number of nitrogens with zero attached hydrogens (tertiary/aromatic N) is 3. The fourth-order valence-corrected chi connectivity index (χ4v) is 6.27. The Bertz CT molecular complexity index is 341. The Morgan fingerprint density at radius 1 is 0.870 bits per heavy atom. The molecule has 0 aromatic carbocycles. The molecule has 0 radical (unpaired) electrons. The standard InChI is InChI=1S/C19H37N3S/c1-18(2)22-13-11-20(12-14-22)9-6-10-21-15-16-23-19(17-21)7-4-3-5-8-19/h18H,3-17H2,1-2H3. The summed E-state index contributed by atoms with van der Waals surface area (Å²) in [6.07, 6.45) is 8.74. The van der Waals surface area contributed by atoms with Gasteiger partial charge in [-0.2, -0.15) is 11.8 Å². The molecular formula is C19H37N3S. The highest BCUT2D eigenvalue weighted by atomic mass is 32.2. The lowest BCUT2D eigenvalue weighted by Gasteiger charge is -2.45. The molecule has 1 saturated carbocycles. The van der Waals surface area contributed by atoms with Crippen LogP contribution in [0.3, 0.4) is 0 Å². The minimum Gasteiger partial charge on any atom is -0.301 e. The number of hydrogen-bond donors (Lipinski definition) is 0. The van der Waals surface area contributed by atoms with Crippen molar-refractivity contribution in [2.45, 2.75) is 63.2 Å². The Kier molecular flexibility index (Phi) is 6.70. The minimum absolute atomic E-state index is 0.638. The lowest BCUT2D eigenvalue weighted by molar-refractivity contribution is 0.104. The summed E-state index contributed by atoms with van der Waals surface area (Å²) in [5.41, 5.74) is 0. The van der Waals surface area contributed by atoms with Crippen LogP contribution in [0.5, 0.6) is 0 Å². The first-order valence-corrected chi connectivity index (χ1v) is 11.0. The fourth-order valence-electron chi connectivity index (χ4n) is 4.63. The first-order chi connectivity index (χ1) is 11.2. The van der Waals surface area contributed by atoms with Gasteiger partial charge < -0.3 is 9.80 Å².